The minimum atomic E-state index is -0.264. The van der Waals surface area contributed by atoms with E-state index in [1.165, 1.54) is 17.4 Å². The summed E-state index contributed by atoms with van der Waals surface area (Å²) in [6, 6.07) is 4.92. The lowest BCUT2D eigenvalue weighted by Crippen LogP contribution is -1.96. The van der Waals surface area contributed by atoms with Gasteiger partial charge in [-0.1, -0.05) is 13.0 Å². The molecule has 1 heterocycles. The molecule has 0 aliphatic rings. The number of halogens is 2. The zero-order valence-electron chi connectivity index (χ0n) is 9.34. The molecule has 0 bridgehead atoms. The molecule has 0 aliphatic carbocycles. The summed E-state index contributed by atoms with van der Waals surface area (Å²) >= 11 is 4.82. The Hall–Kier alpha value is -0.780. The quantitative estimate of drug-likeness (QED) is 0.937. The molecule has 1 aromatic heterocycles. The van der Waals surface area contributed by atoms with Crippen LogP contribution in [-0.2, 0) is 13.0 Å². The second kappa shape index (κ2) is 5.25. The average molecular weight is 315 g/mol. The molecule has 2 aromatic rings. The fraction of sp³-hybridized carbons (Fsp3) is 0.250. The largest absolute Gasteiger partial charge is 0.326 e. The second-order valence-electron chi connectivity index (χ2n) is 3.54. The van der Waals surface area contributed by atoms with E-state index < -0.39 is 0 Å². The molecule has 0 fully saturated rings. The minimum absolute atomic E-state index is 0.264. The lowest BCUT2D eigenvalue weighted by atomic mass is 10.2. The number of nitrogens with two attached hydrogens (primary N) is 1. The number of benzene rings is 1. The van der Waals surface area contributed by atoms with Gasteiger partial charge in [0.05, 0.1) is 11.3 Å². The van der Waals surface area contributed by atoms with Gasteiger partial charge in [-0.05, 0) is 34.5 Å². The van der Waals surface area contributed by atoms with Crippen molar-refractivity contribution >= 4 is 27.3 Å². The molecule has 2 nitrogen and oxygen atoms in total. The normalized spacial score (nSPS) is 10.8. The second-order valence-corrected chi connectivity index (χ2v) is 5.48. The molecule has 0 saturated heterocycles. The third-order valence-corrected chi connectivity index (χ3v) is 4.27. The van der Waals surface area contributed by atoms with Crippen LogP contribution in [0.1, 0.15) is 17.5 Å². The molecule has 17 heavy (non-hydrogen) atoms. The molecule has 0 spiro atoms. The smallest absolute Gasteiger partial charge is 0.134 e. The van der Waals surface area contributed by atoms with Gasteiger partial charge in [0.1, 0.15) is 10.8 Å². The number of aromatic nitrogens is 1. The molecule has 0 unspecified atom stereocenters. The van der Waals surface area contributed by atoms with Crippen molar-refractivity contribution in [2.45, 2.75) is 19.9 Å². The van der Waals surface area contributed by atoms with Crippen LogP contribution in [0.15, 0.2) is 22.7 Å². The molecule has 5 heteroatoms. The van der Waals surface area contributed by atoms with Crippen LogP contribution in [0.2, 0.25) is 0 Å². The highest BCUT2D eigenvalue weighted by Gasteiger charge is 2.15. The van der Waals surface area contributed by atoms with Crippen molar-refractivity contribution in [1.82, 2.24) is 4.98 Å². The van der Waals surface area contributed by atoms with Gasteiger partial charge in [0.15, 0.2) is 0 Å². The Labute approximate surface area is 112 Å². The van der Waals surface area contributed by atoms with Crippen molar-refractivity contribution in [2.75, 3.05) is 0 Å². The Morgan fingerprint density at radius 1 is 1.47 bits per heavy atom. The fourth-order valence-electron chi connectivity index (χ4n) is 1.63. The van der Waals surface area contributed by atoms with E-state index in [1.54, 1.807) is 6.07 Å². The molecule has 0 aliphatic heterocycles. The zero-order valence-corrected chi connectivity index (χ0v) is 11.7. The van der Waals surface area contributed by atoms with E-state index in [-0.39, 0.29) is 5.82 Å². The van der Waals surface area contributed by atoms with Crippen LogP contribution in [-0.4, -0.2) is 4.98 Å². The maximum absolute atomic E-state index is 13.8. The van der Waals surface area contributed by atoms with Crippen LogP contribution in [0.5, 0.6) is 0 Å². The Morgan fingerprint density at radius 2 is 2.24 bits per heavy atom. The summed E-state index contributed by atoms with van der Waals surface area (Å²) in [5, 5.41) is 0.687. The lowest BCUT2D eigenvalue weighted by molar-refractivity contribution is 0.630. The SMILES string of the molecule is CCc1nc(-c2c(F)cccc2Br)sc1CN. The summed E-state index contributed by atoms with van der Waals surface area (Å²) in [7, 11) is 0. The maximum Gasteiger partial charge on any atom is 0.134 e. The molecule has 0 radical (unpaired) electrons. The monoisotopic (exact) mass is 314 g/mol. The van der Waals surface area contributed by atoms with Gasteiger partial charge in [-0.3, -0.25) is 0 Å². The van der Waals surface area contributed by atoms with E-state index in [1.807, 2.05) is 13.0 Å². The Kier molecular flexibility index (Phi) is 3.91. The fourth-order valence-corrected chi connectivity index (χ4v) is 3.38. The standard InChI is InChI=1S/C12H12BrFN2S/c1-2-9-10(6-15)17-12(16-9)11-7(13)4-3-5-8(11)14/h3-5H,2,6,15H2,1H3. The highest BCUT2D eigenvalue weighted by atomic mass is 79.9. The van der Waals surface area contributed by atoms with Crippen LogP contribution in [0, 0.1) is 5.82 Å². The summed E-state index contributed by atoms with van der Waals surface area (Å²) in [5.74, 6) is -0.264. The van der Waals surface area contributed by atoms with Crippen LogP contribution in [0.3, 0.4) is 0 Å². The first-order valence-corrected chi connectivity index (χ1v) is 6.91. The van der Waals surface area contributed by atoms with Crippen LogP contribution >= 0.6 is 27.3 Å². The van der Waals surface area contributed by atoms with E-state index in [9.17, 15) is 4.39 Å². The maximum atomic E-state index is 13.8. The van der Waals surface area contributed by atoms with E-state index in [0.717, 1.165) is 21.5 Å². The number of rotatable bonds is 3. The molecule has 0 atom stereocenters. The number of aryl methyl sites for hydroxylation is 1. The first-order valence-electron chi connectivity index (χ1n) is 5.30. The molecule has 0 saturated carbocycles. The summed E-state index contributed by atoms with van der Waals surface area (Å²) < 4.78 is 14.5. The van der Waals surface area contributed by atoms with Crippen molar-refractivity contribution in [3.05, 3.63) is 39.1 Å². The van der Waals surface area contributed by atoms with Crippen molar-refractivity contribution in [3.8, 4) is 10.6 Å². The summed E-state index contributed by atoms with van der Waals surface area (Å²) in [6.45, 7) is 2.47. The van der Waals surface area contributed by atoms with Crippen molar-refractivity contribution in [1.29, 1.82) is 0 Å². The van der Waals surface area contributed by atoms with Gasteiger partial charge in [-0.25, -0.2) is 9.37 Å². The van der Waals surface area contributed by atoms with Crippen LogP contribution in [0.4, 0.5) is 4.39 Å². The molecular formula is C12H12BrFN2S. The highest BCUT2D eigenvalue weighted by molar-refractivity contribution is 9.10. The van der Waals surface area contributed by atoms with Gasteiger partial charge >= 0.3 is 0 Å². The molecule has 90 valence electrons. The van der Waals surface area contributed by atoms with Gasteiger partial charge in [-0.2, -0.15) is 0 Å². The molecule has 1 aromatic carbocycles. The number of hydrogen-bond donors (Lipinski definition) is 1. The zero-order chi connectivity index (χ0) is 12.4. The predicted molar refractivity (Wildman–Crippen MR) is 72.5 cm³/mol. The Morgan fingerprint density at radius 3 is 2.76 bits per heavy atom. The van der Waals surface area contributed by atoms with Gasteiger partial charge in [-0.15, -0.1) is 11.3 Å². The van der Waals surface area contributed by atoms with Gasteiger partial charge in [0.25, 0.3) is 0 Å². The van der Waals surface area contributed by atoms with E-state index >= 15 is 0 Å². The first-order chi connectivity index (χ1) is 8.17. The molecule has 0 amide bonds. The molecular weight excluding hydrogens is 303 g/mol. The van der Waals surface area contributed by atoms with Crippen LogP contribution < -0.4 is 5.73 Å². The number of thiazole rings is 1. The summed E-state index contributed by atoms with van der Waals surface area (Å²) in [5.41, 5.74) is 7.14. The van der Waals surface area contributed by atoms with Gasteiger partial charge in [0, 0.05) is 15.9 Å². The molecule has 2 rings (SSSR count). The van der Waals surface area contributed by atoms with Crippen LogP contribution in [0.25, 0.3) is 10.6 Å². The third kappa shape index (κ3) is 2.41. The van der Waals surface area contributed by atoms with Gasteiger partial charge < -0.3 is 5.73 Å². The summed E-state index contributed by atoms with van der Waals surface area (Å²) in [6.07, 6.45) is 0.815. The first kappa shape index (κ1) is 12.7. The Bertz CT molecular complexity index is 498. The van der Waals surface area contributed by atoms with E-state index in [2.05, 4.69) is 20.9 Å². The average Bonchev–Trinajstić information content (AvgIpc) is 2.72. The lowest BCUT2D eigenvalue weighted by Gasteiger charge is -2.01. The highest BCUT2D eigenvalue weighted by Crippen LogP contribution is 2.35. The van der Waals surface area contributed by atoms with E-state index in [4.69, 9.17) is 5.73 Å². The van der Waals surface area contributed by atoms with Crippen molar-refractivity contribution < 1.29 is 4.39 Å². The summed E-state index contributed by atoms with van der Waals surface area (Å²) in [4.78, 5) is 5.49. The number of nitrogens with zero attached hydrogens (tertiary/aromatic N) is 1. The predicted octanol–water partition coefficient (Wildman–Crippen LogP) is 3.73. The number of hydrogen-bond acceptors (Lipinski definition) is 3. The Balaban J connectivity index is 2.57. The molecule has 2 N–H and O–H groups in total. The van der Waals surface area contributed by atoms with Crippen molar-refractivity contribution in [2.24, 2.45) is 5.73 Å². The minimum Gasteiger partial charge on any atom is -0.326 e. The van der Waals surface area contributed by atoms with Gasteiger partial charge in [0.2, 0.25) is 0 Å². The van der Waals surface area contributed by atoms with Crippen molar-refractivity contribution in [3.63, 3.8) is 0 Å². The van der Waals surface area contributed by atoms with E-state index in [0.29, 0.717) is 17.1 Å². The topological polar surface area (TPSA) is 38.9 Å². The third-order valence-electron chi connectivity index (χ3n) is 2.48.